The number of hydrogen-bond donors (Lipinski definition) is 1. The van der Waals surface area contributed by atoms with E-state index in [1.165, 1.54) is 4.90 Å². The number of benzene rings is 1. The van der Waals surface area contributed by atoms with Gasteiger partial charge >= 0.3 is 6.09 Å². The van der Waals surface area contributed by atoms with Crippen LogP contribution in [-0.2, 0) is 6.54 Å². The van der Waals surface area contributed by atoms with E-state index in [9.17, 15) is 4.79 Å². The van der Waals surface area contributed by atoms with Crippen LogP contribution in [0.25, 0.3) is 0 Å². The lowest BCUT2D eigenvalue weighted by Crippen LogP contribution is -2.24. The van der Waals surface area contributed by atoms with E-state index in [4.69, 9.17) is 16.7 Å². The van der Waals surface area contributed by atoms with E-state index < -0.39 is 11.6 Å². The quantitative estimate of drug-likeness (QED) is 0.513. The number of rotatable bonds is 0. The highest BCUT2D eigenvalue weighted by atomic mass is 35.5. The van der Waals surface area contributed by atoms with Crippen molar-refractivity contribution in [1.82, 2.24) is 4.90 Å². The topological polar surface area (TPSA) is 40.5 Å². The smallest absolute Gasteiger partial charge is 0.409 e. The molecule has 0 saturated carbocycles. The van der Waals surface area contributed by atoms with Crippen molar-refractivity contribution in [2.45, 2.75) is 12.0 Å². The zero-order chi connectivity index (χ0) is 9.42. The van der Waals surface area contributed by atoms with Crippen molar-refractivity contribution in [2.24, 2.45) is 0 Å². The summed E-state index contributed by atoms with van der Waals surface area (Å²) < 4.78 is 0. The lowest BCUT2D eigenvalue weighted by atomic mass is 10.1. The summed E-state index contributed by atoms with van der Waals surface area (Å²) in [4.78, 5) is 11.9. The number of nitrogens with zero attached hydrogens (tertiary/aromatic N) is 1. The second-order valence-electron chi connectivity index (χ2n) is 2.95. The van der Waals surface area contributed by atoms with Gasteiger partial charge in [-0.05, 0) is 11.1 Å². The SMILES string of the molecule is O=C(O)N1Cc2ccccc2C1Cl. The highest BCUT2D eigenvalue weighted by Gasteiger charge is 2.31. The first-order valence-corrected chi connectivity index (χ1v) is 4.35. The number of carbonyl (C=O) groups is 1. The number of halogens is 1. The summed E-state index contributed by atoms with van der Waals surface area (Å²) in [6, 6.07) is 7.50. The average Bonchev–Trinajstić information content (AvgIpc) is 2.45. The summed E-state index contributed by atoms with van der Waals surface area (Å²) in [7, 11) is 0. The molecule has 1 aromatic rings. The Morgan fingerprint density at radius 3 is 2.85 bits per heavy atom. The molecule has 1 unspecified atom stereocenters. The Morgan fingerprint density at radius 2 is 2.23 bits per heavy atom. The van der Waals surface area contributed by atoms with E-state index in [-0.39, 0.29) is 0 Å². The molecule has 1 amide bonds. The molecule has 0 radical (unpaired) electrons. The van der Waals surface area contributed by atoms with Crippen molar-refractivity contribution in [2.75, 3.05) is 0 Å². The van der Waals surface area contributed by atoms with E-state index in [0.717, 1.165) is 11.1 Å². The molecule has 1 atom stereocenters. The Labute approximate surface area is 80.5 Å². The van der Waals surface area contributed by atoms with Gasteiger partial charge in [0, 0.05) is 0 Å². The van der Waals surface area contributed by atoms with Crippen molar-refractivity contribution in [1.29, 1.82) is 0 Å². The molecule has 4 heteroatoms. The molecule has 1 aromatic carbocycles. The van der Waals surface area contributed by atoms with Gasteiger partial charge in [0.2, 0.25) is 0 Å². The summed E-state index contributed by atoms with van der Waals surface area (Å²) in [6.45, 7) is 0.389. The van der Waals surface area contributed by atoms with E-state index >= 15 is 0 Å². The first-order chi connectivity index (χ1) is 6.20. The number of carboxylic acid groups (broad SMARTS) is 1. The van der Waals surface area contributed by atoms with Gasteiger partial charge in [0.25, 0.3) is 0 Å². The molecule has 0 aromatic heterocycles. The highest BCUT2D eigenvalue weighted by Crippen LogP contribution is 2.35. The lowest BCUT2D eigenvalue weighted by Gasteiger charge is -2.15. The maximum absolute atomic E-state index is 10.7. The molecule has 2 rings (SSSR count). The van der Waals surface area contributed by atoms with Crippen LogP contribution in [0.5, 0.6) is 0 Å². The van der Waals surface area contributed by atoms with Crippen LogP contribution >= 0.6 is 11.6 Å². The zero-order valence-corrected chi connectivity index (χ0v) is 7.53. The second-order valence-corrected chi connectivity index (χ2v) is 3.36. The maximum Gasteiger partial charge on any atom is 0.409 e. The molecule has 13 heavy (non-hydrogen) atoms. The minimum absolute atomic E-state index is 0.389. The number of amides is 1. The van der Waals surface area contributed by atoms with Gasteiger partial charge in [0.1, 0.15) is 5.50 Å². The Kier molecular flexibility index (Phi) is 1.88. The monoisotopic (exact) mass is 197 g/mol. The van der Waals surface area contributed by atoms with Gasteiger partial charge in [-0.2, -0.15) is 0 Å². The summed E-state index contributed by atoms with van der Waals surface area (Å²) in [5.41, 5.74) is 1.35. The first kappa shape index (κ1) is 8.38. The standard InChI is InChI=1S/C9H8ClNO2/c10-8-7-4-2-1-3-6(7)5-11(8)9(12)13/h1-4,8H,5H2,(H,12,13). The van der Waals surface area contributed by atoms with Crippen LogP contribution in [0.3, 0.4) is 0 Å². The van der Waals surface area contributed by atoms with E-state index in [1.54, 1.807) is 0 Å². The largest absolute Gasteiger partial charge is 0.465 e. The summed E-state index contributed by atoms with van der Waals surface area (Å²) in [5.74, 6) is 0. The molecule has 1 aliphatic rings. The molecule has 0 saturated heterocycles. The van der Waals surface area contributed by atoms with Crippen LogP contribution in [-0.4, -0.2) is 16.1 Å². The van der Waals surface area contributed by atoms with Crippen LogP contribution < -0.4 is 0 Å². The molecule has 0 bridgehead atoms. The van der Waals surface area contributed by atoms with Gasteiger partial charge < -0.3 is 5.11 Å². The van der Waals surface area contributed by atoms with E-state index in [2.05, 4.69) is 0 Å². The van der Waals surface area contributed by atoms with Gasteiger partial charge in [0.15, 0.2) is 0 Å². The van der Waals surface area contributed by atoms with E-state index in [0.29, 0.717) is 6.54 Å². The Bertz CT molecular complexity index is 353. The number of hydrogen-bond acceptors (Lipinski definition) is 1. The molecule has 0 spiro atoms. The van der Waals surface area contributed by atoms with Gasteiger partial charge in [0.05, 0.1) is 6.54 Å². The normalized spacial score (nSPS) is 20.1. The van der Waals surface area contributed by atoms with Gasteiger partial charge in [-0.3, -0.25) is 4.90 Å². The molecule has 3 nitrogen and oxygen atoms in total. The third-order valence-corrected chi connectivity index (χ3v) is 2.64. The fourth-order valence-electron chi connectivity index (χ4n) is 1.51. The number of alkyl halides is 1. The summed E-state index contributed by atoms with van der Waals surface area (Å²) in [5, 5.41) is 8.80. The number of fused-ring (bicyclic) bond motifs is 1. The Hall–Kier alpha value is -1.22. The zero-order valence-electron chi connectivity index (χ0n) is 6.77. The Morgan fingerprint density at radius 1 is 1.54 bits per heavy atom. The molecular weight excluding hydrogens is 190 g/mol. The van der Waals surface area contributed by atoms with Crippen molar-refractivity contribution in [3.05, 3.63) is 35.4 Å². The van der Waals surface area contributed by atoms with Crippen LogP contribution in [0.1, 0.15) is 16.6 Å². The third-order valence-electron chi connectivity index (χ3n) is 2.17. The minimum Gasteiger partial charge on any atom is -0.465 e. The molecule has 1 N–H and O–H groups in total. The third kappa shape index (κ3) is 1.25. The second kappa shape index (κ2) is 2.92. The van der Waals surface area contributed by atoms with Gasteiger partial charge in [-0.25, -0.2) is 4.79 Å². The summed E-state index contributed by atoms with van der Waals surface area (Å²) in [6.07, 6.45) is -0.976. The van der Waals surface area contributed by atoms with Crippen molar-refractivity contribution in [3.63, 3.8) is 0 Å². The van der Waals surface area contributed by atoms with Crippen LogP contribution in [0.15, 0.2) is 24.3 Å². The van der Waals surface area contributed by atoms with Crippen molar-refractivity contribution < 1.29 is 9.90 Å². The van der Waals surface area contributed by atoms with Crippen molar-refractivity contribution >= 4 is 17.7 Å². The minimum atomic E-state index is -0.976. The average molecular weight is 198 g/mol. The first-order valence-electron chi connectivity index (χ1n) is 3.91. The molecule has 1 heterocycles. The van der Waals surface area contributed by atoms with Gasteiger partial charge in [-0.1, -0.05) is 35.9 Å². The fourth-order valence-corrected chi connectivity index (χ4v) is 1.87. The van der Waals surface area contributed by atoms with Crippen LogP contribution in [0, 0.1) is 0 Å². The molecule has 0 fully saturated rings. The predicted octanol–water partition coefficient (Wildman–Crippen LogP) is 2.42. The molecular formula is C9H8ClNO2. The lowest BCUT2D eigenvalue weighted by molar-refractivity contribution is 0.142. The van der Waals surface area contributed by atoms with E-state index in [1.807, 2.05) is 24.3 Å². The van der Waals surface area contributed by atoms with Gasteiger partial charge in [-0.15, -0.1) is 0 Å². The molecule has 68 valence electrons. The maximum atomic E-state index is 10.7. The fraction of sp³-hybridized carbons (Fsp3) is 0.222. The van der Waals surface area contributed by atoms with Crippen LogP contribution in [0.2, 0.25) is 0 Å². The van der Waals surface area contributed by atoms with Crippen LogP contribution in [0.4, 0.5) is 4.79 Å². The highest BCUT2D eigenvalue weighted by molar-refractivity contribution is 6.21. The Balaban J connectivity index is 2.38. The predicted molar refractivity (Wildman–Crippen MR) is 48.6 cm³/mol. The molecule has 1 aliphatic heterocycles. The molecule has 0 aliphatic carbocycles. The van der Waals surface area contributed by atoms with Crippen molar-refractivity contribution in [3.8, 4) is 0 Å². The summed E-state index contributed by atoms with van der Waals surface area (Å²) >= 11 is 5.95.